The summed E-state index contributed by atoms with van der Waals surface area (Å²) in [5.41, 5.74) is 0.568. The van der Waals surface area contributed by atoms with Crippen molar-refractivity contribution in [3.63, 3.8) is 0 Å². The van der Waals surface area contributed by atoms with Crippen molar-refractivity contribution in [3.8, 4) is 0 Å². The number of nitrogens with zero attached hydrogens (tertiary/aromatic N) is 1. The van der Waals surface area contributed by atoms with Gasteiger partial charge >= 0.3 is 0 Å². The van der Waals surface area contributed by atoms with E-state index in [4.69, 9.17) is 4.74 Å². The van der Waals surface area contributed by atoms with E-state index in [1.54, 1.807) is 11.9 Å². The number of rotatable bonds is 6. The lowest BCUT2D eigenvalue weighted by molar-refractivity contribution is -0.134. The third-order valence-corrected chi connectivity index (χ3v) is 4.35. The van der Waals surface area contributed by atoms with Gasteiger partial charge in [0.2, 0.25) is 5.91 Å². The van der Waals surface area contributed by atoms with Crippen LogP contribution in [0, 0.1) is 17.6 Å². The molecule has 1 aliphatic heterocycles. The van der Waals surface area contributed by atoms with Gasteiger partial charge in [0.25, 0.3) is 0 Å². The van der Waals surface area contributed by atoms with Crippen molar-refractivity contribution in [3.05, 3.63) is 35.4 Å². The van der Waals surface area contributed by atoms with E-state index in [-0.39, 0.29) is 30.5 Å². The number of nitrogens with one attached hydrogen (secondary N) is 1. The minimum Gasteiger partial charge on any atom is -0.381 e. The average Bonchev–Trinajstić information content (AvgIpc) is 2.56. The van der Waals surface area contributed by atoms with Crippen molar-refractivity contribution in [1.82, 2.24) is 10.2 Å². The summed E-state index contributed by atoms with van der Waals surface area (Å²) < 4.78 is 31.7. The maximum absolute atomic E-state index is 13.3. The second kappa shape index (κ2) is 8.53. The maximum Gasteiger partial charge on any atom is 0.240 e. The van der Waals surface area contributed by atoms with E-state index in [0.29, 0.717) is 18.8 Å². The van der Waals surface area contributed by atoms with E-state index in [2.05, 4.69) is 5.32 Å². The second-order valence-electron chi connectivity index (χ2n) is 6.72. The Balaban J connectivity index is 2.00. The van der Waals surface area contributed by atoms with Crippen molar-refractivity contribution in [2.24, 2.45) is 5.92 Å². The molecule has 1 fully saturated rings. The van der Waals surface area contributed by atoms with Crippen LogP contribution in [0.25, 0.3) is 0 Å². The molecule has 0 unspecified atom stereocenters. The number of halogens is 2. The number of likely N-dealkylation sites (N-methyl/N-ethyl adjacent to an activating group) is 1. The fraction of sp³-hybridized carbons (Fsp3) is 0.611. The van der Waals surface area contributed by atoms with Gasteiger partial charge in [-0.1, -0.05) is 19.9 Å². The first-order chi connectivity index (χ1) is 11.4. The molecular weight excluding hydrogens is 314 g/mol. The zero-order valence-electron chi connectivity index (χ0n) is 14.5. The number of amides is 1. The SMILES string of the molecule is CC(C)[C@@H](NC1CCOCC1)C(=O)N(C)Cc1ccc(F)c(F)c1. The first kappa shape index (κ1) is 18.8. The first-order valence-electron chi connectivity index (χ1n) is 8.41. The highest BCUT2D eigenvalue weighted by molar-refractivity contribution is 5.82. The Hall–Kier alpha value is -1.53. The van der Waals surface area contributed by atoms with Crippen LogP contribution in [0.4, 0.5) is 8.78 Å². The fourth-order valence-corrected chi connectivity index (χ4v) is 2.89. The summed E-state index contributed by atoms with van der Waals surface area (Å²) >= 11 is 0. The molecule has 1 aliphatic rings. The minimum absolute atomic E-state index is 0.0405. The zero-order chi connectivity index (χ0) is 17.7. The van der Waals surface area contributed by atoms with E-state index >= 15 is 0 Å². The molecule has 6 heteroatoms. The standard InChI is InChI=1S/C18H26F2N2O2/c1-12(2)17(21-14-6-8-24-9-7-14)18(23)22(3)11-13-4-5-15(19)16(20)10-13/h4-5,10,12,14,17,21H,6-9,11H2,1-3H3/t17-/m1/s1. The van der Waals surface area contributed by atoms with E-state index in [9.17, 15) is 13.6 Å². The predicted octanol–water partition coefficient (Wildman–Crippen LogP) is 2.72. The molecule has 2 rings (SSSR count). The van der Waals surface area contributed by atoms with Crippen molar-refractivity contribution in [2.75, 3.05) is 20.3 Å². The highest BCUT2D eigenvalue weighted by Gasteiger charge is 2.28. The number of carbonyl (C=O) groups is 1. The van der Waals surface area contributed by atoms with Crippen LogP contribution in [-0.4, -0.2) is 43.2 Å². The lowest BCUT2D eigenvalue weighted by atomic mass is 9.99. The van der Waals surface area contributed by atoms with Crippen LogP contribution < -0.4 is 5.32 Å². The van der Waals surface area contributed by atoms with Crippen molar-refractivity contribution >= 4 is 5.91 Å². The van der Waals surface area contributed by atoms with E-state index < -0.39 is 11.6 Å². The largest absolute Gasteiger partial charge is 0.381 e. The predicted molar refractivity (Wildman–Crippen MR) is 88.4 cm³/mol. The lowest BCUT2D eigenvalue weighted by Gasteiger charge is -2.32. The highest BCUT2D eigenvalue weighted by atomic mass is 19.2. The van der Waals surface area contributed by atoms with Gasteiger partial charge in [0.15, 0.2) is 11.6 Å². The molecule has 0 aromatic heterocycles. The second-order valence-corrected chi connectivity index (χ2v) is 6.72. The summed E-state index contributed by atoms with van der Waals surface area (Å²) in [6.07, 6.45) is 1.78. The molecule has 1 aromatic carbocycles. The lowest BCUT2D eigenvalue weighted by Crippen LogP contribution is -2.52. The van der Waals surface area contributed by atoms with Gasteiger partial charge in [-0.15, -0.1) is 0 Å². The molecule has 0 spiro atoms. The van der Waals surface area contributed by atoms with Crippen LogP contribution in [0.2, 0.25) is 0 Å². The molecule has 1 heterocycles. The fourth-order valence-electron chi connectivity index (χ4n) is 2.89. The highest BCUT2D eigenvalue weighted by Crippen LogP contribution is 2.15. The van der Waals surface area contributed by atoms with Crippen LogP contribution >= 0.6 is 0 Å². The quantitative estimate of drug-likeness (QED) is 0.866. The Kier molecular flexibility index (Phi) is 6.69. The molecule has 1 amide bonds. The number of hydrogen-bond donors (Lipinski definition) is 1. The zero-order valence-corrected chi connectivity index (χ0v) is 14.5. The Morgan fingerprint density at radius 2 is 1.96 bits per heavy atom. The van der Waals surface area contributed by atoms with Crippen LogP contribution in [-0.2, 0) is 16.1 Å². The average molecular weight is 340 g/mol. The van der Waals surface area contributed by atoms with Gasteiger partial charge in [-0.2, -0.15) is 0 Å². The monoisotopic (exact) mass is 340 g/mol. The number of carbonyl (C=O) groups excluding carboxylic acids is 1. The van der Waals surface area contributed by atoms with Gasteiger partial charge in [0.1, 0.15) is 0 Å². The van der Waals surface area contributed by atoms with Crippen LogP contribution in [0.3, 0.4) is 0 Å². The van der Waals surface area contributed by atoms with Gasteiger partial charge < -0.3 is 15.0 Å². The summed E-state index contributed by atoms with van der Waals surface area (Å²) in [4.78, 5) is 14.3. The summed E-state index contributed by atoms with van der Waals surface area (Å²) in [6.45, 7) is 5.66. The molecule has 1 N–H and O–H groups in total. The summed E-state index contributed by atoms with van der Waals surface area (Å²) in [5, 5.41) is 3.44. The van der Waals surface area contributed by atoms with Gasteiger partial charge in [0.05, 0.1) is 6.04 Å². The van der Waals surface area contributed by atoms with Crippen molar-refractivity contribution < 1.29 is 18.3 Å². The van der Waals surface area contributed by atoms with Gasteiger partial charge in [0, 0.05) is 32.8 Å². The molecule has 4 nitrogen and oxygen atoms in total. The Morgan fingerprint density at radius 3 is 2.54 bits per heavy atom. The number of benzene rings is 1. The van der Waals surface area contributed by atoms with E-state index in [1.165, 1.54) is 6.07 Å². The molecule has 0 bridgehead atoms. The molecule has 0 radical (unpaired) electrons. The molecule has 1 aromatic rings. The summed E-state index contributed by atoms with van der Waals surface area (Å²) in [7, 11) is 1.69. The maximum atomic E-state index is 13.3. The van der Waals surface area contributed by atoms with Crippen molar-refractivity contribution in [2.45, 2.75) is 45.3 Å². The van der Waals surface area contributed by atoms with Crippen LogP contribution in [0.5, 0.6) is 0 Å². The molecular formula is C18H26F2N2O2. The normalized spacial score (nSPS) is 17.1. The number of ether oxygens (including phenoxy) is 1. The third-order valence-electron chi connectivity index (χ3n) is 4.35. The molecule has 0 saturated carbocycles. The summed E-state index contributed by atoms with van der Waals surface area (Å²) in [5.74, 6) is -1.68. The van der Waals surface area contributed by atoms with Crippen LogP contribution in [0.1, 0.15) is 32.3 Å². The molecule has 1 saturated heterocycles. The minimum atomic E-state index is -0.894. The number of hydrogen-bond acceptors (Lipinski definition) is 3. The Morgan fingerprint density at radius 1 is 1.29 bits per heavy atom. The first-order valence-corrected chi connectivity index (χ1v) is 8.41. The smallest absolute Gasteiger partial charge is 0.240 e. The topological polar surface area (TPSA) is 41.6 Å². The van der Waals surface area contributed by atoms with Crippen molar-refractivity contribution in [1.29, 1.82) is 0 Å². The molecule has 0 aliphatic carbocycles. The molecule has 24 heavy (non-hydrogen) atoms. The summed E-state index contributed by atoms with van der Waals surface area (Å²) in [6, 6.07) is 3.69. The Bertz CT molecular complexity index is 560. The molecule has 1 atom stereocenters. The van der Waals surface area contributed by atoms with Gasteiger partial charge in [-0.05, 0) is 36.5 Å². The molecule has 134 valence electrons. The van der Waals surface area contributed by atoms with E-state index in [1.807, 2.05) is 13.8 Å². The van der Waals surface area contributed by atoms with E-state index in [0.717, 1.165) is 25.0 Å². The van der Waals surface area contributed by atoms with Gasteiger partial charge in [-0.3, -0.25) is 4.79 Å². The third kappa shape index (κ3) is 4.98. The van der Waals surface area contributed by atoms with Crippen LogP contribution in [0.15, 0.2) is 18.2 Å². The Labute approximate surface area is 142 Å². The van der Waals surface area contributed by atoms with Gasteiger partial charge in [-0.25, -0.2) is 8.78 Å².